The zero-order chi connectivity index (χ0) is 19.1. The van der Waals surface area contributed by atoms with Crippen molar-refractivity contribution in [2.75, 3.05) is 19.5 Å². The van der Waals surface area contributed by atoms with Crippen molar-refractivity contribution in [1.82, 2.24) is 0 Å². The van der Waals surface area contributed by atoms with Crippen LogP contribution < -0.4 is 10.1 Å². The van der Waals surface area contributed by atoms with E-state index in [1.165, 1.54) is 19.2 Å². The fraction of sp³-hybridized carbons (Fsp3) is 0.300. The van der Waals surface area contributed by atoms with Crippen LogP contribution in [-0.4, -0.2) is 31.2 Å². The molecule has 2 rings (SSSR count). The number of carboxylic acids is 1. The Morgan fingerprint density at radius 3 is 2.38 bits per heavy atom. The number of aromatic carboxylic acids is 1. The Labute approximate surface area is 152 Å². The van der Waals surface area contributed by atoms with Gasteiger partial charge in [-0.3, -0.25) is 4.79 Å². The lowest BCUT2D eigenvalue weighted by Crippen LogP contribution is -2.15. The molecule has 0 aliphatic rings. The van der Waals surface area contributed by atoms with Crippen molar-refractivity contribution >= 4 is 17.6 Å². The molecule has 26 heavy (non-hydrogen) atoms. The Morgan fingerprint density at radius 2 is 1.81 bits per heavy atom. The Hall–Kier alpha value is -2.86. The molecule has 0 spiro atoms. The summed E-state index contributed by atoms with van der Waals surface area (Å²) >= 11 is 0. The van der Waals surface area contributed by atoms with Crippen LogP contribution in [0.2, 0.25) is 0 Å². The Bertz CT molecular complexity index is 770. The van der Waals surface area contributed by atoms with Gasteiger partial charge in [0.2, 0.25) is 5.91 Å². The fourth-order valence-electron chi connectivity index (χ4n) is 2.68. The van der Waals surface area contributed by atoms with Crippen molar-refractivity contribution in [3.63, 3.8) is 0 Å². The van der Waals surface area contributed by atoms with Crippen LogP contribution in [0.15, 0.2) is 42.5 Å². The van der Waals surface area contributed by atoms with Gasteiger partial charge in [-0.25, -0.2) is 4.79 Å². The fourth-order valence-corrected chi connectivity index (χ4v) is 2.68. The Kier molecular flexibility index (Phi) is 6.74. The number of anilines is 1. The number of ether oxygens (including phenoxy) is 2. The Morgan fingerprint density at radius 1 is 1.12 bits per heavy atom. The van der Waals surface area contributed by atoms with Crippen LogP contribution in [0, 0.1) is 0 Å². The van der Waals surface area contributed by atoms with Gasteiger partial charge in [-0.05, 0) is 47.4 Å². The summed E-state index contributed by atoms with van der Waals surface area (Å²) in [7, 11) is 3.14. The molecule has 0 radical (unpaired) electrons. The van der Waals surface area contributed by atoms with E-state index in [1.54, 1.807) is 13.2 Å². The third kappa shape index (κ3) is 5.32. The summed E-state index contributed by atoms with van der Waals surface area (Å²) in [5.74, 6) is -0.451. The SMILES string of the molecule is COCc1cc(NC(=O)CC(C)c2ccc(OC)cc2)cc(C(=O)O)c1. The van der Waals surface area contributed by atoms with Gasteiger partial charge < -0.3 is 19.9 Å². The molecular weight excluding hydrogens is 334 g/mol. The van der Waals surface area contributed by atoms with Crippen LogP contribution in [0.3, 0.4) is 0 Å². The minimum absolute atomic E-state index is 0.0157. The molecule has 1 unspecified atom stereocenters. The van der Waals surface area contributed by atoms with Gasteiger partial charge in [0, 0.05) is 19.2 Å². The maximum Gasteiger partial charge on any atom is 0.335 e. The van der Waals surface area contributed by atoms with Crippen LogP contribution in [-0.2, 0) is 16.1 Å². The van der Waals surface area contributed by atoms with Gasteiger partial charge in [-0.1, -0.05) is 19.1 Å². The lowest BCUT2D eigenvalue weighted by atomic mass is 9.97. The average Bonchev–Trinajstić information content (AvgIpc) is 2.61. The molecule has 0 heterocycles. The van der Waals surface area contributed by atoms with Crippen LogP contribution in [0.5, 0.6) is 5.75 Å². The molecule has 138 valence electrons. The van der Waals surface area contributed by atoms with E-state index in [-0.39, 0.29) is 30.4 Å². The minimum Gasteiger partial charge on any atom is -0.497 e. The first kappa shape index (κ1) is 19.5. The highest BCUT2D eigenvalue weighted by atomic mass is 16.5. The van der Waals surface area contributed by atoms with Crippen molar-refractivity contribution < 1.29 is 24.2 Å². The number of nitrogens with one attached hydrogen (secondary N) is 1. The highest BCUT2D eigenvalue weighted by molar-refractivity contribution is 5.94. The molecule has 1 amide bonds. The van der Waals surface area contributed by atoms with Gasteiger partial charge in [-0.15, -0.1) is 0 Å². The summed E-state index contributed by atoms with van der Waals surface area (Å²) in [6.45, 7) is 2.23. The molecule has 0 aliphatic carbocycles. The Balaban J connectivity index is 2.07. The molecule has 0 aliphatic heterocycles. The highest BCUT2D eigenvalue weighted by Crippen LogP contribution is 2.23. The maximum absolute atomic E-state index is 12.4. The lowest BCUT2D eigenvalue weighted by Gasteiger charge is -2.14. The van der Waals surface area contributed by atoms with E-state index in [2.05, 4.69) is 5.32 Å². The molecular formula is C20H23NO5. The smallest absolute Gasteiger partial charge is 0.335 e. The molecule has 1 atom stereocenters. The van der Waals surface area contributed by atoms with E-state index in [4.69, 9.17) is 9.47 Å². The maximum atomic E-state index is 12.4. The van der Waals surface area contributed by atoms with Gasteiger partial charge in [0.1, 0.15) is 5.75 Å². The van der Waals surface area contributed by atoms with E-state index in [0.29, 0.717) is 11.3 Å². The summed E-state index contributed by atoms with van der Waals surface area (Å²) < 4.78 is 10.2. The largest absolute Gasteiger partial charge is 0.497 e. The number of rotatable bonds is 8. The number of hydrogen-bond acceptors (Lipinski definition) is 4. The molecule has 0 saturated heterocycles. The summed E-state index contributed by atoms with van der Waals surface area (Å²) in [4.78, 5) is 23.6. The molecule has 6 heteroatoms. The first-order chi connectivity index (χ1) is 12.4. The number of hydrogen-bond donors (Lipinski definition) is 2. The summed E-state index contributed by atoms with van der Waals surface area (Å²) in [5.41, 5.74) is 2.27. The molecule has 6 nitrogen and oxygen atoms in total. The first-order valence-corrected chi connectivity index (χ1v) is 8.23. The standard InChI is InChI=1S/C20H23NO5/c1-13(15-4-6-18(26-3)7-5-15)8-19(22)21-17-10-14(12-25-2)9-16(11-17)20(23)24/h4-7,9-11,13H,8,12H2,1-3H3,(H,21,22)(H,23,24). The zero-order valence-corrected chi connectivity index (χ0v) is 15.1. The van der Waals surface area contributed by atoms with Gasteiger partial charge >= 0.3 is 5.97 Å². The van der Waals surface area contributed by atoms with Crippen LogP contribution in [0.1, 0.15) is 40.7 Å². The number of amides is 1. The molecule has 2 aromatic rings. The second-order valence-electron chi connectivity index (χ2n) is 6.08. The van der Waals surface area contributed by atoms with Crippen LogP contribution >= 0.6 is 0 Å². The van der Waals surface area contributed by atoms with Gasteiger partial charge in [-0.2, -0.15) is 0 Å². The van der Waals surface area contributed by atoms with E-state index < -0.39 is 5.97 Å². The molecule has 0 fully saturated rings. The van der Waals surface area contributed by atoms with Crippen molar-refractivity contribution in [2.45, 2.75) is 25.9 Å². The minimum atomic E-state index is -1.05. The summed E-state index contributed by atoms with van der Waals surface area (Å²) in [6.07, 6.45) is 0.281. The quantitative estimate of drug-likeness (QED) is 0.753. The number of carbonyl (C=O) groups is 2. The third-order valence-corrected chi connectivity index (χ3v) is 4.01. The van der Waals surface area contributed by atoms with E-state index >= 15 is 0 Å². The second kappa shape index (κ2) is 9.01. The summed E-state index contributed by atoms with van der Waals surface area (Å²) in [6, 6.07) is 12.3. The molecule has 2 aromatic carbocycles. The first-order valence-electron chi connectivity index (χ1n) is 8.23. The van der Waals surface area contributed by atoms with Crippen molar-refractivity contribution in [1.29, 1.82) is 0 Å². The van der Waals surface area contributed by atoms with E-state index in [0.717, 1.165) is 11.3 Å². The van der Waals surface area contributed by atoms with Gasteiger partial charge in [0.25, 0.3) is 0 Å². The monoisotopic (exact) mass is 357 g/mol. The van der Waals surface area contributed by atoms with Crippen LogP contribution in [0.4, 0.5) is 5.69 Å². The zero-order valence-electron chi connectivity index (χ0n) is 15.1. The van der Waals surface area contributed by atoms with E-state index in [9.17, 15) is 14.7 Å². The number of benzene rings is 2. The predicted molar refractivity (Wildman–Crippen MR) is 98.8 cm³/mol. The highest BCUT2D eigenvalue weighted by Gasteiger charge is 2.13. The lowest BCUT2D eigenvalue weighted by molar-refractivity contribution is -0.116. The summed E-state index contributed by atoms with van der Waals surface area (Å²) in [5, 5.41) is 12.0. The number of methoxy groups -OCH3 is 2. The molecule has 0 saturated carbocycles. The van der Waals surface area contributed by atoms with E-state index in [1.807, 2.05) is 31.2 Å². The van der Waals surface area contributed by atoms with Crippen molar-refractivity contribution in [3.05, 3.63) is 59.2 Å². The predicted octanol–water partition coefficient (Wildman–Crippen LogP) is 3.67. The van der Waals surface area contributed by atoms with Crippen LogP contribution in [0.25, 0.3) is 0 Å². The molecule has 0 aromatic heterocycles. The average molecular weight is 357 g/mol. The third-order valence-electron chi connectivity index (χ3n) is 4.01. The molecule has 2 N–H and O–H groups in total. The van der Waals surface area contributed by atoms with Gasteiger partial charge in [0.15, 0.2) is 0 Å². The normalized spacial score (nSPS) is 11.7. The number of carboxylic acid groups (broad SMARTS) is 1. The topological polar surface area (TPSA) is 84.9 Å². The van der Waals surface area contributed by atoms with Crippen molar-refractivity contribution in [3.8, 4) is 5.75 Å². The van der Waals surface area contributed by atoms with Gasteiger partial charge in [0.05, 0.1) is 19.3 Å². The van der Waals surface area contributed by atoms with Crippen molar-refractivity contribution in [2.24, 2.45) is 0 Å². The second-order valence-corrected chi connectivity index (χ2v) is 6.08. The number of carbonyl (C=O) groups excluding carboxylic acids is 1. The molecule has 0 bridgehead atoms.